The predicted octanol–water partition coefficient (Wildman–Crippen LogP) is 3.03. The molecule has 0 aliphatic rings. The Labute approximate surface area is 134 Å². The van der Waals surface area contributed by atoms with Gasteiger partial charge in [0.25, 0.3) is 10.0 Å². The fourth-order valence-corrected chi connectivity index (χ4v) is 3.48. The molecule has 23 heavy (non-hydrogen) atoms. The van der Waals surface area contributed by atoms with Gasteiger partial charge >= 0.3 is 5.97 Å². The summed E-state index contributed by atoms with van der Waals surface area (Å²) in [4.78, 5) is 11.5. The number of methoxy groups -OCH3 is 1. The summed E-state index contributed by atoms with van der Waals surface area (Å²) in [6.45, 7) is 3.21. The summed E-state index contributed by atoms with van der Waals surface area (Å²) < 4.78 is 45.3. The second-order valence-corrected chi connectivity index (χ2v) is 6.69. The van der Waals surface area contributed by atoms with Crippen LogP contribution in [0.2, 0.25) is 0 Å². The number of ether oxygens (including phenoxy) is 1. The van der Waals surface area contributed by atoms with Crippen molar-refractivity contribution in [2.24, 2.45) is 0 Å². The Kier molecular flexibility index (Phi) is 4.70. The summed E-state index contributed by atoms with van der Waals surface area (Å²) in [7, 11) is -2.71. The van der Waals surface area contributed by atoms with E-state index in [1.807, 2.05) is 0 Å². The predicted molar refractivity (Wildman–Crippen MR) is 84.5 cm³/mol. The molecule has 0 radical (unpaired) electrons. The summed E-state index contributed by atoms with van der Waals surface area (Å²) in [5, 5.41) is 0. The molecular weight excluding hydrogens is 321 g/mol. The standard InChI is InChI=1S/C16H16FNO4S/c1-10-4-5-12(16(19)22-3)9-15(10)23(20,21)18-14-7-6-13(17)8-11(14)2/h4-9,18H,1-3H3. The van der Waals surface area contributed by atoms with Crippen LogP contribution in [0.25, 0.3) is 0 Å². The number of carbonyl (C=O) groups is 1. The molecule has 122 valence electrons. The second kappa shape index (κ2) is 6.37. The average Bonchev–Trinajstić information content (AvgIpc) is 2.49. The molecule has 0 amide bonds. The van der Waals surface area contributed by atoms with Crippen LogP contribution in [0.4, 0.5) is 10.1 Å². The SMILES string of the molecule is COC(=O)c1ccc(C)c(S(=O)(=O)Nc2ccc(F)cc2C)c1. The van der Waals surface area contributed by atoms with E-state index in [0.717, 1.165) is 0 Å². The van der Waals surface area contributed by atoms with E-state index < -0.39 is 21.8 Å². The van der Waals surface area contributed by atoms with Crippen molar-refractivity contribution in [1.29, 1.82) is 0 Å². The Hall–Kier alpha value is -2.41. The second-order valence-electron chi connectivity index (χ2n) is 5.04. The van der Waals surface area contributed by atoms with E-state index in [1.165, 1.54) is 43.5 Å². The zero-order valence-electron chi connectivity index (χ0n) is 12.9. The van der Waals surface area contributed by atoms with Gasteiger partial charge in [-0.1, -0.05) is 6.07 Å². The molecule has 2 aromatic rings. The van der Waals surface area contributed by atoms with Gasteiger partial charge < -0.3 is 4.74 Å². The number of rotatable bonds is 4. The molecule has 0 aromatic heterocycles. The summed E-state index contributed by atoms with van der Waals surface area (Å²) in [5.74, 6) is -1.08. The Morgan fingerprint density at radius 1 is 1.09 bits per heavy atom. The fraction of sp³-hybridized carbons (Fsp3) is 0.188. The van der Waals surface area contributed by atoms with Crippen LogP contribution in [0.1, 0.15) is 21.5 Å². The molecule has 0 spiro atoms. The van der Waals surface area contributed by atoms with Gasteiger partial charge in [-0.15, -0.1) is 0 Å². The summed E-state index contributed by atoms with van der Waals surface area (Å²) >= 11 is 0. The first-order valence-corrected chi connectivity index (χ1v) is 8.21. The lowest BCUT2D eigenvalue weighted by atomic mass is 10.1. The number of benzene rings is 2. The Morgan fingerprint density at radius 2 is 1.78 bits per heavy atom. The molecule has 2 aromatic carbocycles. The van der Waals surface area contributed by atoms with Crippen molar-refractivity contribution in [1.82, 2.24) is 0 Å². The van der Waals surface area contributed by atoms with E-state index in [9.17, 15) is 17.6 Å². The van der Waals surface area contributed by atoms with Crippen LogP contribution in [0, 0.1) is 19.7 Å². The number of carbonyl (C=O) groups excluding carboxylic acids is 1. The molecular formula is C16H16FNO4S. The smallest absolute Gasteiger partial charge is 0.337 e. The quantitative estimate of drug-likeness (QED) is 0.871. The van der Waals surface area contributed by atoms with E-state index in [-0.39, 0.29) is 16.1 Å². The highest BCUT2D eigenvalue weighted by Gasteiger charge is 2.20. The monoisotopic (exact) mass is 337 g/mol. The van der Waals surface area contributed by atoms with Crippen LogP contribution in [0.5, 0.6) is 0 Å². The van der Waals surface area contributed by atoms with Crippen molar-refractivity contribution in [3.8, 4) is 0 Å². The first-order valence-electron chi connectivity index (χ1n) is 6.72. The molecule has 0 unspecified atom stereocenters. The van der Waals surface area contributed by atoms with Gasteiger partial charge in [-0.3, -0.25) is 4.72 Å². The van der Waals surface area contributed by atoms with Gasteiger partial charge in [-0.25, -0.2) is 17.6 Å². The van der Waals surface area contributed by atoms with Gasteiger partial charge in [0.05, 0.1) is 23.3 Å². The average molecular weight is 337 g/mol. The summed E-state index contributed by atoms with van der Waals surface area (Å²) in [6.07, 6.45) is 0. The third-order valence-electron chi connectivity index (χ3n) is 3.33. The van der Waals surface area contributed by atoms with Gasteiger partial charge in [-0.2, -0.15) is 0 Å². The number of aryl methyl sites for hydroxylation is 2. The molecule has 2 rings (SSSR count). The molecule has 0 saturated carbocycles. The first kappa shape index (κ1) is 17.0. The molecule has 0 aliphatic carbocycles. The van der Waals surface area contributed by atoms with E-state index in [2.05, 4.69) is 9.46 Å². The maximum Gasteiger partial charge on any atom is 0.337 e. The van der Waals surface area contributed by atoms with Crippen LogP contribution < -0.4 is 4.72 Å². The molecule has 0 saturated heterocycles. The number of halogens is 1. The highest BCUT2D eigenvalue weighted by Crippen LogP contribution is 2.23. The maximum absolute atomic E-state index is 13.1. The summed E-state index contributed by atoms with van der Waals surface area (Å²) in [5.41, 5.74) is 1.34. The topological polar surface area (TPSA) is 72.5 Å². The zero-order valence-corrected chi connectivity index (χ0v) is 13.7. The summed E-state index contributed by atoms with van der Waals surface area (Å²) in [6, 6.07) is 8.02. The van der Waals surface area contributed by atoms with Crippen molar-refractivity contribution < 1.29 is 22.3 Å². The number of hydrogen-bond acceptors (Lipinski definition) is 4. The molecule has 5 nitrogen and oxygen atoms in total. The Balaban J connectivity index is 2.45. The minimum Gasteiger partial charge on any atom is -0.465 e. The third kappa shape index (κ3) is 3.68. The van der Waals surface area contributed by atoms with Crippen molar-refractivity contribution in [2.75, 3.05) is 11.8 Å². The van der Waals surface area contributed by atoms with E-state index in [4.69, 9.17) is 0 Å². The van der Waals surface area contributed by atoms with E-state index in [1.54, 1.807) is 13.8 Å². The molecule has 0 heterocycles. The molecule has 0 atom stereocenters. The molecule has 1 N–H and O–H groups in total. The molecule has 0 fully saturated rings. The minimum atomic E-state index is -3.92. The molecule has 0 aliphatic heterocycles. The van der Waals surface area contributed by atoms with Gasteiger partial charge in [0, 0.05) is 0 Å². The first-order chi connectivity index (χ1) is 10.7. The van der Waals surface area contributed by atoms with E-state index >= 15 is 0 Å². The normalized spacial score (nSPS) is 11.1. The van der Waals surface area contributed by atoms with Crippen LogP contribution in [0.3, 0.4) is 0 Å². The Bertz CT molecular complexity index is 862. The van der Waals surface area contributed by atoms with Crippen LogP contribution >= 0.6 is 0 Å². The van der Waals surface area contributed by atoms with Crippen molar-refractivity contribution in [3.63, 3.8) is 0 Å². The lowest BCUT2D eigenvalue weighted by Crippen LogP contribution is -2.16. The number of anilines is 1. The van der Waals surface area contributed by atoms with Crippen LogP contribution in [0.15, 0.2) is 41.3 Å². The van der Waals surface area contributed by atoms with Gasteiger partial charge in [-0.05, 0) is 55.3 Å². The van der Waals surface area contributed by atoms with E-state index in [0.29, 0.717) is 11.1 Å². The number of nitrogens with one attached hydrogen (secondary N) is 1. The zero-order chi connectivity index (χ0) is 17.2. The highest BCUT2D eigenvalue weighted by atomic mass is 32.2. The highest BCUT2D eigenvalue weighted by molar-refractivity contribution is 7.92. The third-order valence-corrected chi connectivity index (χ3v) is 4.84. The number of sulfonamides is 1. The molecule has 0 bridgehead atoms. The van der Waals surface area contributed by atoms with Crippen molar-refractivity contribution in [3.05, 3.63) is 58.9 Å². The van der Waals surface area contributed by atoms with Gasteiger partial charge in [0.1, 0.15) is 5.82 Å². The minimum absolute atomic E-state index is 0.0378. The molecule has 7 heteroatoms. The van der Waals surface area contributed by atoms with Crippen LogP contribution in [-0.4, -0.2) is 21.5 Å². The lowest BCUT2D eigenvalue weighted by Gasteiger charge is -2.13. The largest absolute Gasteiger partial charge is 0.465 e. The number of esters is 1. The van der Waals surface area contributed by atoms with Crippen molar-refractivity contribution >= 4 is 21.7 Å². The number of hydrogen-bond donors (Lipinski definition) is 1. The van der Waals surface area contributed by atoms with Gasteiger partial charge in [0.2, 0.25) is 0 Å². The fourth-order valence-electron chi connectivity index (χ4n) is 2.08. The maximum atomic E-state index is 13.1. The van der Waals surface area contributed by atoms with Crippen molar-refractivity contribution in [2.45, 2.75) is 18.7 Å². The van der Waals surface area contributed by atoms with Gasteiger partial charge in [0.15, 0.2) is 0 Å². The van der Waals surface area contributed by atoms with Crippen LogP contribution in [-0.2, 0) is 14.8 Å². The lowest BCUT2D eigenvalue weighted by molar-refractivity contribution is 0.0600. The Morgan fingerprint density at radius 3 is 2.39 bits per heavy atom.